The molecule has 0 fully saturated rings. The first kappa shape index (κ1) is 19.2. The van der Waals surface area contributed by atoms with E-state index in [4.69, 9.17) is 34.8 Å². The molecular formula is C17H14Cl3N3O2. The molecule has 0 radical (unpaired) electrons. The molecule has 2 N–H and O–H groups in total. The van der Waals surface area contributed by atoms with Crippen LogP contribution in [-0.4, -0.2) is 18.0 Å². The molecule has 0 saturated carbocycles. The van der Waals surface area contributed by atoms with E-state index in [1.54, 1.807) is 36.4 Å². The van der Waals surface area contributed by atoms with Crippen molar-refractivity contribution < 1.29 is 9.59 Å². The molecule has 0 aliphatic rings. The number of nitrogens with zero attached hydrogens (tertiary/aromatic N) is 1. The Morgan fingerprint density at radius 2 is 1.56 bits per heavy atom. The molecule has 0 aromatic heterocycles. The van der Waals surface area contributed by atoms with E-state index in [1.807, 2.05) is 0 Å². The maximum absolute atomic E-state index is 11.8. The number of hydrazone groups is 1. The van der Waals surface area contributed by atoms with Gasteiger partial charge >= 0.3 is 0 Å². The standard InChI is InChI=1S/C17H14Cl3N3O2/c18-12-3-1-11(2-4-12)10-21-23-17(25)8-7-16(24)22-15-6-5-13(19)9-14(15)20/h1-6,9-10H,7-8H2,(H,22,24)(H,23,25). The number of amides is 2. The van der Waals surface area contributed by atoms with Crippen LogP contribution < -0.4 is 10.7 Å². The molecule has 0 bridgehead atoms. The van der Waals surface area contributed by atoms with E-state index in [9.17, 15) is 9.59 Å². The topological polar surface area (TPSA) is 70.6 Å². The second-order valence-electron chi connectivity index (χ2n) is 5.02. The van der Waals surface area contributed by atoms with Crippen molar-refractivity contribution in [2.45, 2.75) is 12.8 Å². The maximum Gasteiger partial charge on any atom is 0.240 e. The second kappa shape index (κ2) is 9.42. The van der Waals surface area contributed by atoms with Crippen LogP contribution in [0.2, 0.25) is 15.1 Å². The average Bonchev–Trinajstić information content (AvgIpc) is 2.57. The highest BCUT2D eigenvalue weighted by Crippen LogP contribution is 2.25. The summed E-state index contributed by atoms with van der Waals surface area (Å²) in [7, 11) is 0. The van der Waals surface area contributed by atoms with Crippen molar-refractivity contribution in [3.63, 3.8) is 0 Å². The number of rotatable bonds is 6. The van der Waals surface area contributed by atoms with E-state index < -0.39 is 0 Å². The summed E-state index contributed by atoms with van der Waals surface area (Å²) in [5.41, 5.74) is 3.59. The van der Waals surface area contributed by atoms with E-state index in [-0.39, 0.29) is 24.7 Å². The van der Waals surface area contributed by atoms with Gasteiger partial charge in [0.1, 0.15) is 0 Å². The summed E-state index contributed by atoms with van der Waals surface area (Å²) < 4.78 is 0. The number of halogens is 3. The van der Waals surface area contributed by atoms with Crippen molar-refractivity contribution in [3.05, 3.63) is 63.1 Å². The van der Waals surface area contributed by atoms with Crippen molar-refractivity contribution in [1.82, 2.24) is 5.43 Å². The van der Waals surface area contributed by atoms with Crippen molar-refractivity contribution in [2.24, 2.45) is 5.10 Å². The van der Waals surface area contributed by atoms with E-state index in [1.165, 1.54) is 12.3 Å². The zero-order chi connectivity index (χ0) is 18.2. The van der Waals surface area contributed by atoms with Gasteiger partial charge in [-0.2, -0.15) is 5.10 Å². The van der Waals surface area contributed by atoms with Crippen LogP contribution in [-0.2, 0) is 9.59 Å². The Hall–Kier alpha value is -2.08. The lowest BCUT2D eigenvalue weighted by Gasteiger charge is -2.07. The number of hydrogen-bond donors (Lipinski definition) is 2. The summed E-state index contributed by atoms with van der Waals surface area (Å²) in [6, 6.07) is 11.7. The molecule has 0 aliphatic heterocycles. The Morgan fingerprint density at radius 1 is 0.920 bits per heavy atom. The highest BCUT2D eigenvalue weighted by molar-refractivity contribution is 6.36. The lowest BCUT2D eigenvalue weighted by molar-refractivity contribution is -0.124. The number of carbonyl (C=O) groups is 2. The molecule has 2 aromatic carbocycles. The normalized spacial score (nSPS) is 10.7. The monoisotopic (exact) mass is 397 g/mol. The highest BCUT2D eigenvalue weighted by Gasteiger charge is 2.09. The molecule has 0 unspecified atom stereocenters. The third kappa shape index (κ3) is 6.74. The van der Waals surface area contributed by atoms with E-state index in [0.29, 0.717) is 20.8 Å². The molecule has 0 aliphatic carbocycles. The lowest BCUT2D eigenvalue weighted by Crippen LogP contribution is -2.20. The summed E-state index contributed by atoms with van der Waals surface area (Å²) >= 11 is 17.5. The Labute approximate surface area is 160 Å². The first-order valence-electron chi connectivity index (χ1n) is 7.26. The Kier molecular flexibility index (Phi) is 7.25. The minimum absolute atomic E-state index is 0.00124. The summed E-state index contributed by atoms with van der Waals surface area (Å²) in [4.78, 5) is 23.5. The molecule has 2 amide bonds. The predicted molar refractivity (Wildman–Crippen MR) is 102 cm³/mol. The summed E-state index contributed by atoms with van der Waals surface area (Å²) in [5, 5.41) is 7.86. The molecule has 0 saturated heterocycles. The van der Waals surface area contributed by atoms with Crippen LogP contribution in [0.3, 0.4) is 0 Å². The number of hydrogen-bond acceptors (Lipinski definition) is 3. The third-order valence-electron chi connectivity index (χ3n) is 3.06. The summed E-state index contributed by atoms with van der Waals surface area (Å²) in [6.45, 7) is 0. The zero-order valence-electron chi connectivity index (χ0n) is 12.9. The molecule has 0 atom stereocenters. The van der Waals surface area contributed by atoms with Crippen LogP contribution in [0.1, 0.15) is 18.4 Å². The molecule has 0 spiro atoms. The van der Waals surface area contributed by atoms with Gasteiger partial charge in [-0.05, 0) is 35.9 Å². The van der Waals surface area contributed by atoms with Gasteiger partial charge in [0.15, 0.2) is 0 Å². The van der Waals surface area contributed by atoms with Gasteiger partial charge < -0.3 is 5.32 Å². The van der Waals surface area contributed by atoms with Crippen molar-refractivity contribution in [3.8, 4) is 0 Å². The molecule has 2 aromatic rings. The second-order valence-corrected chi connectivity index (χ2v) is 6.30. The van der Waals surface area contributed by atoms with Gasteiger partial charge in [0.2, 0.25) is 11.8 Å². The Bertz CT molecular complexity index is 792. The van der Waals surface area contributed by atoms with Crippen LogP contribution >= 0.6 is 34.8 Å². The molecule has 8 heteroatoms. The third-order valence-corrected chi connectivity index (χ3v) is 3.86. The van der Waals surface area contributed by atoms with Crippen molar-refractivity contribution in [2.75, 3.05) is 5.32 Å². The van der Waals surface area contributed by atoms with Crippen molar-refractivity contribution in [1.29, 1.82) is 0 Å². The Balaban J connectivity index is 1.75. The maximum atomic E-state index is 11.8. The van der Waals surface area contributed by atoms with Crippen LogP contribution in [0.15, 0.2) is 47.6 Å². The lowest BCUT2D eigenvalue weighted by atomic mass is 10.2. The number of anilines is 1. The quantitative estimate of drug-likeness (QED) is 0.555. The van der Waals surface area contributed by atoms with Crippen molar-refractivity contribution >= 4 is 58.5 Å². The first-order valence-corrected chi connectivity index (χ1v) is 8.40. The van der Waals surface area contributed by atoms with E-state index in [0.717, 1.165) is 5.56 Å². The number of carbonyl (C=O) groups excluding carboxylic acids is 2. The van der Waals surface area contributed by atoms with Crippen LogP contribution in [0.25, 0.3) is 0 Å². The molecule has 2 rings (SSSR count). The minimum atomic E-state index is -0.373. The van der Waals surface area contributed by atoms with Gasteiger partial charge in [0, 0.05) is 22.9 Å². The molecule has 0 heterocycles. The number of nitrogens with one attached hydrogen (secondary N) is 2. The largest absolute Gasteiger partial charge is 0.325 e. The van der Waals surface area contributed by atoms with Crippen LogP contribution in [0, 0.1) is 0 Å². The molecular weight excluding hydrogens is 385 g/mol. The fourth-order valence-electron chi connectivity index (χ4n) is 1.81. The zero-order valence-corrected chi connectivity index (χ0v) is 15.2. The van der Waals surface area contributed by atoms with Crippen LogP contribution in [0.5, 0.6) is 0 Å². The Morgan fingerprint density at radius 3 is 2.24 bits per heavy atom. The van der Waals surface area contributed by atoms with E-state index in [2.05, 4.69) is 15.8 Å². The minimum Gasteiger partial charge on any atom is -0.325 e. The van der Waals surface area contributed by atoms with Gasteiger partial charge in [0.05, 0.1) is 16.9 Å². The predicted octanol–water partition coefficient (Wildman–Crippen LogP) is 4.52. The van der Waals surface area contributed by atoms with Crippen LogP contribution in [0.4, 0.5) is 5.69 Å². The SMILES string of the molecule is O=C(CCC(=O)Nc1ccc(Cl)cc1Cl)NN=Cc1ccc(Cl)cc1. The van der Waals surface area contributed by atoms with Gasteiger partial charge in [-0.25, -0.2) is 5.43 Å². The summed E-state index contributed by atoms with van der Waals surface area (Å²) in [5.74, 6) is -0.705. The fourth-order valence-corrected chi connectivity index (χ4v) is 2.40. The highest BCUT2D eigenvalue weighted by atomic mass is 35.5. The molecule has 25 heavy (non-hydrogen) atoms. The number of benzene rings is 2. The van der Waals surface area contributed by atoms with E-state index >= 15 is 0 Å². The fraction of sp³-hybridized carbons (Fsp3) is 0.118. The first-order chi connectivity index (χ1) is 11.9. The van der Waals surface area contributed by atoms with Gasteiger partial charge in [-0.15, -0.1) is 0 Å². The van der Waals surface area contributed by atoms with Gasteiger partial charge in [-0.1, -0.05) is 46.9 Å². The van der Waals surface area contributed by atoms with Gasteiger partial charge in [0.25, 0.3) is 0 Å². The molecule has 5 nitrogen and oxygen atoms in total. The molecule has 130 valence electrons. The summed E-state index contributed by atoms with van der Waals surface area (Å²) in [6.07, 6.45) is 1.48. The smallest absolute Gasteiger partial charge is 0.240 e. The van der Waals surface area contributed by atoms with Gasteiger partial charge in [-0.3, -0.25) is 9.59 Å². The average molecular weight is 399 g/mol.